The molecule has 1 atom stereocenters. The summed E-state index contributed by atoms with van der Waals surface area (Å²) in [7, 11) is -2.63. The molecule has 0 aliphatic heterocycles. The predicted octanol–water partition coefficient (Wildman–Crippen LogP) is 0.760. The van der Waals surface area contributed by atoms with Gasteiger partial charge in [-0.15, -0.1) is 11.6 Å². The number of methoxy groups -OCH3 is 1. The molecule has 0 fully saturated rings. The minimum absolute atomic E-state index is 0.0810. The number of hydrogen-bond donors (Lipinski definition) is 2. The fourth-order valence-corrected chi connectivity index (χ4v) is 3.57. The summed E-state index contributed by atoms with van der Waals surface area (Å²) in [5.74, 6) is -0.774. The molecule has 22 heavy (non-hydrogen) atoms. The molecule has 0 amide bonds. The van der Waals surface area contributed by atoms with E-state index in [-0.39, 0.29) is 23.7 Å². The second-order valence-corrected chi connectivity index (χ2v) is 6.64. The Bertz CT molecular complexity index is 589. The van der Waals surface area contributed by atoms with Crippen LogP contribution in [0.2, 0.25) is 0 Å². The van der Waals surface area contributed by atoms with Crippen LogP contribution in [0.25, 0.3) is 0 Å². The summed E-state index contributed by atoms with van der Waals surface area (Å²) in [6, 6.07) is 3.99. The molecule has 1 rings (SSSR count). The van der Waals surface area contributed by atoms with Gasteiger partial charge in [-0.3, -0.25) is 4.79 Å². The van der Waals surface area contributed by atoms with E-state index >= 15 is 0 Å². The highest BCUT2D eigenvalue weighted by Crippen LogP contribution is 2.21. The zero-order valence-corrected chi connectivity index (χ0v) is 13.5. The Morgan fingerprint density at radius 2 is 1.95 bits per heavy atom. The first-order valence-corrected chi connectivity index (χ1v) is 8.41. The smallest absolute Gasteiger partial charge is 0.324 e. The number of ether oxygens (including phenoxy) is 1. The second-order valence-electron chi connectivity index (χ2n) is 4.37. The number of aliphatic hydroxyl groups is 1. The Kier molecular flexibility index (Phi) is 7.08. The SMILES string of the molecule is COc1ccc(S(=O)(=O)N(CCCCl)C(CO)C(=O)O)cc1. The maximum absolute atomic E-state index is 12.6. The van der Waals surface area contributed by atoms with Crippen molar-refractivity contribution in [2.24, 2.45) is 0 Å². The van der Waals surface area contributed by atoms with Gasteiger partial charge in [0.1, 0.15) is 11.8 Å². The fourth-order valence-electron chi connectivity index (χ4n) is 1.83. The third-order valence-corrected chi connectivity index (χ3v) is 5.17. The van der Waals surface area contributed by atoms with Crippen LogP contribution in [0.3, 0.4) is 0 Å². The molecule has 0 saturated carbocycles. The Morgan fingerprint density at radius 3 is 2.36 bits per heavy atom. The number of rotatable bonds is 9. The molecular formula is C13H18ClNO6S. The van der Waals surface area contributed by atoms with Gasteiger partial charge in [-0.2, -0.15) is 4.31 Å². The van der Waals surface area contributed by atoms with E-state index in [1.165, 1.54) is 31.4 Å². The van der Waals surface area contributed by atoms with Crippen molar-refractivity contribution in [1.29, 1.82) is 0 Å². The normalized spacial score (nSPS) is 13.1. The number of halogens is 1. The van der Waals surface area contributed by atoms with Crippen LogP contribution in [0.1, 0.15) is 6.42 Å². The van der Waals surface area contributed by atoms with Gasteiger partial charge in [-0.1, -0.05) is 0 Å². The Labute approximate surface area is 134 Å². The average molecular weight is 352 g/mol. The van der Waals surface area contributed by atoms with Crippen LogP contribution in [-0.2, 0) is 14.8 Å². The standard InChI is InChI=1S/C13H18ClNO6S/c1-21-10-3-5-11(6-4-10)22(19,20)15(8-2-7-14)12(9-16)13(17)18/h3-6,12,16H,2,7-9H2,1H3,(H,17,18). The van der Waals surface area contributed by atoms with Crippen LogP contribution < -0.4 is 4.74 Å². The topological polar surface area (TPSA) is 104 Å². The number of carboxylic acid groups (broad SMARTS) is 1. The first-order chi connectivity index (χ1) is 10.4. The van der Waals surface area contributed by atoms with Crippen LogP contribution in [0, 0.1) is 0 Å². The lowest BCUT2D eigenvalue weighted by Crippen LogP contribution is -2.47. The Morgan fingerprint density at radius 1 is 1.36 bits per heavy atom. The number of aliphatic hydroxyl groups excluding tert-OH is 1. The van der Waals surface area contributed by atoms with E-state index < -0.39 is 28.6 Å². The van der Waals surface area contributed by atoms with Crippen LogP contribution >= 0.6 is 11.6 Å². The van der Waals surface area contributed by atoms with Crippen molar-refractivity contribution >= 4 is 27.6 Å². The van der Waals surface area contributed by atoms with Gasteiger partial charge in [0.2, 0.25) is 10.0 Å². The molecular weight excluding hydrogens is 334 g/mol. The zero-order valence-electron chi connectivity index (χ0n) is 12.0. The van der Waals surface area contributed by atoms with E-state index in [1.54, 1.807) is 0 Å². The van der Waals surface area contributed by atoms with E-state index in [4.69, 9.17) is 21.4 Å². The van der Waals surface area contributed by atoms with Gasteiger partial charge in [0.05, 0.1) is 18.6 Å². The third kappa shape index (κ3) is 4.33. The molecule has 0 saturated heterocycles. The summed E-state index contributed by atoms with van der Waals surface area (Å²) in [6.45, 7) is -0.928. The van der Waals surface area contributed by atoms with Crippen molar-refractivity contribution < 1.29 is 28.2 Å². The Balaban J connectivity index is 3.21. The highest BCUT2D eigenvalue weighted by Gasteiger charge is 2.35. The summed E-state index contributed by atoms with van der Waals surface area (Å²) < 4.78 is 30.9. The van der Waals surface area contributed by atoms with Crippen LogP contribution in [-0.4, -0.2) is 61.1 Å². The van der Waals surface area contributed by atoms with E-state index in [9.17, 15) is 18.3 Å². The largest absolute Gasteiger partial charge is 0.497 e. The van der Waals surface area contributed by atoms with E-state index in [2.05, 4.69) is 0 Å². The second kappa shape index (κ2) is 8.33. The molecule has 0 heterocycles. The Hall–Kier alpha value is -1.35. The van der Waals surface area contributed by atoms with Crippen LogP contribution in [0.4, 0.5) is 0 Å². The fraction of sp³-hybridized carbons (Fsp3) is 0.462. The number of carbonyl (C=O) groups is 1. The molecule has 0 bridgehead atoms. The van der Waals surface area contributed by atoms with Crippen molar-refractivity contribution in [3.05, 3.63) is 24.3 Å². The van der Waals surface area contributed by atoms with Crippen LogP contribution in [0.15, 0.2) is 29.2 Å². The maximum Gasteiger partial charge on any atom is 0.324 e. The van der Waals surface area contributed by atoms with E-state index in [0.717, 1.165) is 4.31 Å². The van der Waals surface area contributed by atoms with Gasteiger partial charge in [-0.05, 0) is 30.7 Å². The molecule has 1 unspecified atom stereocenters. The summed E-state index contributed by atoms with van der Waals surface area (Å²) >= 11 is 5.56. The van der Waals surface area contributed by atoms with E-state index in [0.29, 0.717) is 5.75 Å². The molecule has 0 aliphatic rings. The van der Waals surface area contributed by atoms with E-state index in [1.807, 2.05) is 0 Å². The number of hydrogen-bond acceptors (Lipinski definition) is 5. The highest BCUT2D eigenvalue weighted by molar-refractivity contribution is 7.89. The quantitative estimate of drug-likeness (QED) is 0.636. The van der Waals surface area contributed by atoms with Gasteiger partial charge in [-0.25, -0.2) is 8.42 Å². The van der Waals surface area contributed by atoms with Gasteiger partial charge >= 0.3 is 5.97 Å². The van der Waals surface area contributed by atoms with Crippen molar-refractivity contribution in [1.82, 2.24) is 4.31 Å². The van der Waals surface area contributed by atoms with Gasteiger partial charge in [0, 0.05) is 12.4 Å². The lowest BCUT2D eigenvalue weighted by atomic mass is 10.3. The third-order valence-electron chi connectivity index (χ3n) is 2.98. The van der Waals surface area contributed by atoms with Crippen molar-refractivity contribution in [3.8, 4) is 5.75 Å². The van der Waals surface area contributed by atoms with Crippen molar-refractivity contribution in [2.75, 3.05) is 26.1 Å². The molecule has 7 nitrogen and oxygen atoms in total. The number of aliphatic carboxylic acids is 1. The molecule has 0 radical (unpaired) electrons. The van der Waals surface area contributed by atoms with Gasteiger partial charge in [0.15, 0.2) is 0 Å². The summed E-state index contributed by atoms with van der Waals surface area (Å²) in [6.07, 6.45) is 0.265. The highest BCUT2D eigenvalue weighted by atomic mass is 35.5. The molecule has 0 spiro atoms. The summed E-state index contributed by atoms with van der Waals surface area (Å²) in [5.41, 5.74) is 0. The van der Waals surface area contributed by atoms with Crippen molar-refractivity contribution in [2.45, 2.75) is 17.4 Å². The molecule has 9 heteroatoms. The summed E-state index contributed by atoms with van der Waals surface area (Å²) in [5, 5.41) is 18.3. The average Bonchev–Trinajstić information content (AvgIpc) is 2.50. The molecule has 0 aromatic heterocycles. The molecule has 1 aromatic carbocycles. The minimum Gasteiger partial charge on any atom is -0.497 e. The maximum atomic E-state index is 12.6. The number of carboxylic acids is 1. The number of benzene rings is 1. The lowest BCUT2D eigenvalue weighted by Gasteiger charge is -2.26. The summed E-state index contributed by atoms with van der Waals surface area (Å²) in [4.78, 5) is 11.1. The number of sulfonamides is 1. The number of nitrogens with zero attached hydrogens (tertiary/aromatic N) is 1. The first-order valence-electron chi connectivity index (χ1n) is 6.44. The van der Waals surface area contributed by atoms with Gasteiger partial charge < -0.3 is 14.9 Å². The molecule has 0 aliphatic carbocycles. The van der Waals surface area contributed by atoms with Crippen molar-refractivity contribution in [3.63, 3.8) is 0 Å². The minimum atomic E-state index is -4.08. The lowest BCUT2D eigenvalue weighted by molar-refractivity contribution is -0.142. The molecule has 124 valence electrons. The molecule has 1 aromatic rings. The first kappa shape index (κ1) is 18.7. The predicted molar refractivity (Wildman–Crippen MR) is 80.7 cm³/mol. The van der Waals surface area contributed by atoms with Gasteiger partial charge in [0.25, 0.3) is 0 Å². The van der Waals surface area contributed by atoms with Crippen LogP contribution in [0.5, 0.6) is 5.75 Å². The zero-order chi connectivity index (χ0) is 16.8. The molecule has 2 N–H and O–H groups in total. The number of alkyl halides is 1. The monoisotopic (exact) mass is 351 g/mol.